The number of amides is 1. The molecule has 0 unspecified atom stereocenters. The van der Waals surface area contributed by atoms with Gasteiger partial charge in [0.25, 0.3) is 0 Å². The monoisotopic (exact) mass is 257 g/mol. The summed E-state index contributed by atoms with van der Waals surface area (Å²) in [7, 11) is 3.58. The Balaban J connectivity index is 2.45. The Hall–Kier alpha value is -0.680. The van der Waals surface area contributed by atoms with E-state index in [4.69, 9.17) is 18.0 Å². The van der Waals surface area contributed by atoms with E-state index in [1.165, 1.54) is 25.7 Å². The van der Waals surface area contributed by atoms with Gasteiger partial charge in [0.1, 0.15) is 0 Å². The second kappa shape index (κ2) is 6.91. The zero-order valence-electron chi connectivity index (χ0n) is 10.8. The molecule has 0 aromatic heterocycles. The Morgan fingerprint density at radius 3 is 2.41 bits per heavy atom. The molecule has 4 nitrogen and oxygen atoms in total. The lowest BCUT2D eigenvalue weighted by Crippen LogP contribution is -2.41. The molecule has 0 aromatic rings. The molecule has 1 aliphatic rings. The highest BCUT2D eigenvalue weighted by molar-refractivity contribution is 7.80. The number of carbonyl (C=O) groups excluding carboxylic acids is 1. The standard InChI is InChI=1S/C12H23N3OS/c1-14(2)12(16)7-8-15(9-11(13)17)10-5-3-4-6-10/h10H,3-9H2,1-2H3,(H2,13,17). The SMILES string of the molecule is CN(C)C(=O)CCN(CC(N)=S)C1CCCC1. The molecule has 0 spiro atoms. The molecule has 0 radical (unpaired) electrons. The van der Waals surface area contributed by atoms with Gasteiger partial charge in [0.05, 0.1) is 4.99 Å². The molecule has 1 rings (SSSR count). The van der Waals surface area contributed by atoms with Crippen LogP contribution in [-0.2, 0) is 4.79 Å². The zero-order chi connectivity index (χ0) is 12.8. The molecule has 0 saturated heterocycles. The van der Waals surface area contributed by atoms with Crippen LogP contribution >= 0.6 is 12.2 Å². The minimum absolute atomic E-state index is 0.163. The van der Waals surface area contributed by atoms with E-state index in [-0.39, 0.29) is 5.91 Å². The van der Waals surface area contributed by atoms with E-state index in [9.17, 15) is 4.79 Å². The minimum atomic E-state index is 0.163. The van der Waals surface area contributed by atoms with E-state index in [0.29, 0.717) is 24.0 Å². The fourth-order valence-corrected chi connectivity index (χ4v) is 2.49. The molecule has 0 aromatic carbocycles. The summed E-state index contributed by atoms with van der Waals surface area (Å²) in [6.45, 7) is 1.40. The third-order valence-electron chi connectivity index (χ3n) is 3.31. The first kappa shape index (κ1) is 14.4. The summed E-state index contributed by atoms with van der Waals surface area (Å²) >= 11 is 4.98. The van der Waals surface area contributed by atoms with Crippen LogP contribution in [0.15, 0.2) is 0 Å². The Morgan fingerprint density at radius 1 is 1.35 bits per heavy atom. The average molecular weight is 257 g/mol. The number of nitrogens with zero attached hydrogens (tertiary/aromatic N) is 2. The van der Waals surface area contributed by atoms with Crippen molar-refractivity contribution >= 4 is 23.1 Å². The Morgan fingerprint density at radius 2 is 1.94 bits per heavy atom. The molecule has 0 heterocycles. The van der Waals surface area contributed by atoms with Crippen molar-refractivity contribution in [1.29, 1.82) is 0 Å². The molecule has 98 valence electrons. The van der Waals surface area contributed by atoms with Crippen LogP contribution in [0, 0.1) is 0 Å². The third-order valence-corrected chi connectivity index (χ3v) is 3.44. The number of rotatable bonds is 6. The van der Waals surface area contributed by atoms with Gasteiger partial charge >= 0.3 is 0 Å². The first-order valence-electron chi connectivity index (χ1n) is 6.23. The van der Waals surface area contributed by atoms with Crippen LogP contribution in [0.25, 0.3) is 0 Å². The summed E-state index contributed by atoms with van der Waals surface area (Å²) in [5, 5.41) is 0. The highest BCUT2D eigenvalue weighted by Gasteiger charge is 2.23. The molecule has 1 aliphatic carbocycles. The van der Waals surface area contributed by atoms with Crippen LogP contribution in [0.4, 0.5) is 0 Å². The average Bonchev–Trinajstić information content (AvgIpc) is 2.76. The maximum Gasteiger partial charge on any atom is 0.223 e. The van der Waals surface area contributed by atoms with E-state index in [1.807, 2.05) is 0 Å². The first-order valence-corrected chi connectivity index (χ1v) is 6.64. The summed E-state index contributed by atoms with van der Waals surface area (Å²) in [6, 6.07) is 0.562. The van der Waals surface area contributed by atoms with Crippen molar-refractivity contribution in [3.63, 3.8) is 0 Å². The predicted octanol–water partition coefficient (Wildman–Crippen LogP) is 0.995. The van der Waals surface area contributed by atoms with Crippen LogP contribution in [0.5, 0.6) is 0 Å². The fraction of sp³-hybridized carbons (Fsp3) is 0.833. The quantitative estimate of drug-likeness (QED) is 0.721. The number of nitrogens with two attached hydrogens (primary N) is 1. The van der Waals surface area contributed by atoms with Gasteiger partial charge in [-0.1, -0.05) is 25.1 Å². The van der Waals surface area contributed by atoms with Gasteiger partial charge in [-0.3, -0.25) is 9.69 Å². The molecule has 0 aliphatic heterocycles. The van der Waals surface area contributed by atoms with Crippen molar-refractivity contribution in [2.75, 3.05) is 27.2 Å². The zero-order valence-corrected chi connectivity index (χ0v) is 11.6. The Labute approximate surface area is 109 Å². The number of thiocarbonyl (C=S) groups is 1. The van der Waals surface area contributed by atoms with Gasteiger partial charge in [-0.15, -0.1) is 0 Å². The van der Waals surface area contributed by atoms with Crippen molar-refractivity contribution in [2.24, 2.45) is 5.73 Å². The lowest BCUT2D eigenvalue weighted by molar-refractivity contribution is -0.129. The van der Waals surface area contributed by atoms with Gasteiger partial charge in [0, 0.05) is 39.6 Å². The van der Waals surface area contributed by atoms with Crippen LogP contribution in [0.1, 0.15) is 32.1 Å². The van der Waals surface area contributed by atoms with E-state index in [0.717, 1.165) is 6.54 Å². The lowest BCUT2D eigenvalue weighted by atomic mass is 10.2. The lowest BCUT2D eigenvalue weighted by Gasteiger charge is -2.28. The van der Waals surface area contributed by atoms with Crippen molar-refractivity contribution in [2.45, 2.75) is 38.1 Å². The van der Waals surface area contributed by atoms with Crippen molar-refractivity contribution in [1.82, 2.24) is 9.80 Å². The molecule has 1 amide bonds. The number of hydrogen-bond donors (Lipinski definition) is 1. The van der Waals surface area contributed by atoms with Crippen LogP contribution in [0.3, 0.4) is 0 Å². The normalized spacial score (nSPS) is 16.4. The van der Waals surface area contributed by atoms with Crippen LogP contribution < -0.4 is 5.73 Å². The van der Waals surface area contributed by atoms with Crippen molar-refractivity contribution in [3.8, 4) is 0 Å². The van der Waals surface area contributed by atoms with Gasteiger partial charge in [-0.2, -0.15) is 0 Å². The van der Waals surface area contributed by atoms with Gasteiger partial charge in [-0.05, 0) is 12.8 Å². The first-order chi connectivity index (χ1) is 8.00. The summed E-state index contributed by atoms with van der Waals surface area (Å²) in [5.41, 5.74) is 5.62. The summed E-state index contributed by atoms with van der Waals surface area (Å²) in [5.74, 6) is 0.163. The highest BCUT2D eigenvalue weighted by Crippen LogP contribution is 2.23. The van der Waals surface area contributed by atoms with E-state index in [2.05, 4.69) is 4.90 Å². The molecule has 1 saturated carbocycles. The molecule has 5 heteroatoms. The molecule has 1 fully saturated rings. The Kier molecular flexibility index (Phi) is 5.85. The van der Waals surface area contributed by atoms with E-state index in [1.54, 1.807) is 19.0 Å². The second-order valence-corrected chi connectivity index (χ2v) is 5.44. The predicted molar refractivity (Wildman–Crippen MR) is 73.9 cm³/mol. The molecular formula is C12H23N3OS. The fourth-order valence-electron chi connectivity index (χ4n) is 2.32. The third kappa shape index (κ3) is 5.00. The number of hydrogen-bond acceptors (Lipinski definition) is 3. The van der Waals surface area contributed by atoms with Gasteiger partial charge in [0.15, 0.2) is 0 Å². The smallest absolute Gasteiger partial charge is 0.223 e. The molecule has 17 heavy (non-hydrogen) atoms. The maximum atomic E-state index is 11.6. The van der Waals surface area contributed by atoms with Gasteiger partial charge < -0.3 is 10.6 Å². The Bertz CT molecular complexity index is 275. The van der Waals surface area contributed by atoms with Crippen molar-refractivity contribution in [3.05, 3.63) is 0 Å². The molecule has 0 bridgehead atoms. The molecule has 0 atom stereocenters. The van der Waals surface area contributed by atoms with Crippen molar-refractivity contribution < 1.29 is 4.79 Å². The highest BCUT2D eigenvalue weighted by atomic mass is 32.1. The van der Waals surface area contributed by atoms with Gasteiger partial charge in [-0.25, -0.2) is 0 Å². The summed E-state index contributed by atoms with van der Waals surface area (Å²) in [6.07, 6.45) is 5.52. The summed E-state index contributed by atoms with van der Waals surface area (Å²) in [4.78, 5) is 16.0. The minimum Gasteiger partial charge on any atom is -0.392 e. The van der Waals surface area contributed by atoms with E-state index >= 15 is 0 Å². The van der Waals surface area contributed by atoms with Gasteiger partial charge in [0.2, 0.25) is 5.91 Å². The van der Waals surface area contributed by atoms with E-state index < -0.39 is 0 Å². The maximum absolute atomic E-state index is 11.6. The van der Waals surface area contributed by atoms with Crippen LogP contribution in [-0.4, -0.2) is 53.9 Å². The largest absolute Gasteiger partial charge is 0.392 e. The molecule has 2 N–H and O–H groups in total. The summed E-state index contributed by atoms with van der Waals surface area (Å²) < 4.78 is 0. The van der Waals surface area contributed by atoms with Crippen LogP contribution in [0.2, 0.25) is 0 Å². The molecular weight excluding hydrogens is 234 g/mol. The second-order valence-electron chi connectivity index (χ2n) is 4.91. The topological polar surface area (TPSA) is 49.6 Å². The number of carbonyl (C=O) groups is 1.